The van der Waals surface area contributed by atoms with Crippen LogP contribution >= 0.6 is 0 Å². The minimum atomic E-state index is -0.837. The maximum Gasteiger partial charge on any atom is 0.146 e. The van der Waals surface area contributed by atoms with Crippen molar-refractivity contribution in [3.63, 3.8) is 0 Å². The summed E-state index contributed by atoms with van der Waals surface area (Å²) >= 11 is 0. The van der Waals surface area contributed by atoms with Crippen LogP contribution in [-0.2, 0) is 0 Å². The van der Waals surface area contributed by atoms with Crippen LogP contribution in [-0.4, -0.2) is 35.5 Å². The van der Waals surface area contributed by atoms with Crippen LogP contribution < -0.4 is 10.6 Å². The zero-order valence-corrected chi connectivity index (χ0v) is 9.68. The Morgan fingerprint density at radius 3 is 2.47 bits per heavy atom. The third-order valence-electron chi connectivity index (χ3n) is 3.08. The molecule has 1 aliphatic heterocycles. The summed E-state index contributed by atoms with van der Waals surface area (Å²) in [6, 6.07) is 4.44. The van der Waals surface area contributed by atoms with Crippen LogP contribution in [0.5, 0.6) is 0 Å². The number of anilines is 1. The van der Waals surface area contributed by atoms with Gasteiger partial charge in [-0.15, -0.1) is 0 Å². The number of rotatable bonds is 2. The summed E-state index contributed by atoms with van der Waals surface area (Å²) in [5, 5.41) is 19.0. The van der Waals surface area contributed by atoms with E-state index in [1.807, 2.05) is 0 Å². The van der Waals surface area contributed by atoms with Crippen LogP contribution in [0.25, 0.3) is 0 Å². The Bertz CT molecular complexity index is 401. The fourth-order valence-corrected chi connectivity index (χ4v) is 2.19. The maximum atomic E-state index is 13.9. The van der Waals surface area contributed by atoms with Crippen LogP contribution in [0.15, 0.2) is 18.2 Å². The second kappa shape index (κ2) is 4.60. The molecule has 1 aromatic rings. The number of nitrogens with zero attached hydrogens (tertiary/aromatic N) is 1. The highest BCUT2D eigenvalue weighted by Gasteiger charge is 2.32. The lowest BCUT2D eigenvalue weighted by molar-refractivity contribution is 0.0572. The standard InChI is InChI=1S/C12H17FN2O2/c1-7(14)8-3-2-4-9(13)12(8)15-5-10(16)11(17)6-15/h2-4,7,10-11,16-17H,5-6,14H2,1H3/t7-,10?,11?/m1/s1. The van der Waals surface area contributed by atoms with E-state index in [4.69, 9.17) is 5.73 Å². The molecular formula is C12H17FN2O2. The van der Waals surface area contributed by atoms with E-state index in [0.29, 0.717) is 11.3 Å². The molecule has 17 heavy (non-hydrogen) atoms. The largest absolute Gasteiger partial charge is 0.389 e. The Balaban J connectivity index is 2.38. The molecule has 0 aliphatic carbocycles. The van der Waals surface area contributed by atoms with Gasteiger partial charge in [0.1, 0.15) is 5.82 Å². The fourth-order valence-electron chi connectivity index (χ4n) is 2.19. The van der Waals surface area contributed by atoms with Crippen molar-refractivity contribution in [2.45, 2.75) is 25.2 Å². The zero-order valence-electron chi connectivity index (χ0n) is 9.68. The minimum absolute atomic E-state index is 0.224. The number of hydrogen-bond donors (Lipinski definition) is 3. The number of aliphatic hydroxyl groups is 2. The van der Waals surface area contributed by atoms with E-state index in [9.17, 15) is 14.6 Å². The average molecular weight is 240 g/mol. The first-order chi connectivity index (χ1) is 8.00. The van der Waals surface area contributed by atoms with Crippen molar-refractivity contribution in [2.75, 3.05) is 18.0 Å². The Labute approximate surface area is 99.5 Å². The predicted octanol–water partition coefficient (Wildman–Crippen LogP) is 0.387. The molecule has 2 rings (SSSR count). The molecule has 4 N–H and O–H groups in total. The lowest BCUT2D eigenvalue weighted by Crippen LogP contribution is -2.25. The van der Waals surface area contributed by atoms with E-state index in [0.717, 1.165) is 0 Å². The van der Waals surface area contributed by atoms with Gasteiger partial charge in [-0.25, -0.2) is 4.39 Å². The van der Waals surface area contributed by atoms with Crippen LogP contribution in [0.1, 0.15) is 18.5 Å². The number of aliphatic hydroxyl groups excluding tert-OH is 2. The quantitative estimate of drug-likeness (QED) is 0.699. The third kappa shape index (κ3) is 2.26. The Morgan fingerprint density at radius 2 is 1.94 bits per heavy atom. The zero-order chi connectivity index (χ0) is 12.6. The van der Waals surface area contributed by atoms with Gasteiger partial charge in [-0.05, 0) is 18.6 Å². The number of benzene rings is 1. The normalized spacial score (nSPS) is 26.3. The van der Waals surface area contributed by atoms with Crippen molar-refractivity contribution in [1.82, 2.24) is 0 Å². The molecule has 4 nitrogen and oxygen atoms in total. The van der Waals surface area contributed by atoms with Crippen LogP contribution in [0.3, 0.4) is 0 Å². The summed E-state index contributed by atoms with van der Waals surface area (Å²) in [4.78, 5) is 1.64. The molecule has 1 heterocycles. The molecule has 1 aliphatic rings. The van der Waals surface area contributed by atoms with Crippen molar-refractivity contribution in [3.05, 3.63) is 29.6 Å². The van der Waals surface area contributed by atoms with Gasteiger partial charge in [0, 0.05) is 19.1 Å². The maximum absolute atomic E-state index is 13.9. The van der Waals surface area contributed by atoms with Gasteiger partial charge in [0.05, 0.1) is 17.9 Å². The average Bonchev–Trinajstić information content (AvgIpc) is 2.58. The summed E-state index contributed by atoms with van der Waals surface area (Å²) in [6.07, 6.45) is -1.67. The van der Waals surface area contributed by atoms with Gasteiger partial charge < -0.3 is 20.8 Å². The van der Waals surface area contributed by atoms with E-state index in [1.54, 1.807) is 24.0 Å². The monoisotopic (exact) mass is 240 g/mol. The highest BCUT2D eigenvalue weighted by molar-refractivity contribution is 5.57. The van der Waals surface area contributed by atoms with Gasteiger partial charge in [-0.3, -0.25) is 0 Å². The molecule has 1 saturated heterocycles. The summed E-state index contributed by atoms with van der Waals surface area (Å²) in [7, 11) is 0. The molecule has 94 valence electrons. The summed E-state index contributed by atoms with van der Waals surface area (Å²) < 4.78 is 13.9. The molecule has 2 unspecified atom stereocenters. The first-order valence-electron chi connectivity index (χ1n) is 5.65. The van der Waals surface area contributed by atoms with Gasteiger partial charge >= 0.3 is 0 Å². The molecule has 1 fully saturated rings. The van der Waals surface area contributed by atoms with E-state index >= 15 is 0 Å². The molecule has 3 atom stereocenters. The van der Waals surface area contributed by atoms with Crippen LogP contribution in [0.2, 0.25) is 0 Å². The first kappa shape index (κ1) is 12.3. The summed E-state index contributed by atoms with van der Waals surface area (Å²) in [6.45, 7) is 2.23. The van der Waals surface area contributed by atoms with Crippen molar-refractivity contribution < 1.29 is 14.6 Å². The highest BCUT2D eigenvalue weighted by Crippen LogP contribution is 2.31. The lowest BCUT2D eigenvalue weighted by Gasteiger charge is -2.23. The van der Waals surface area contributed by atoms with E-state index < -0.39 is 12.2 Å². The number of halogens is 1. The molecule has 0 bridgehead atoms. The lowest BCUT2D eigenvalue weighted by atomic mass is 10.1. The van der Waals surface area contributed by atoms with E-state index in [-0.39, 0.29) is 24.9 Å². The second-order valence-electron chi connectivity index (χ2n) is 4.51. The van der Waals surface area contributed by atoms with Gasteiger partial charge in [0.25, 0.3) is 0 Å². The highest BCUT2D eigenvalue weighted by atomic mass is 19.1. The molecule has 1 aromatic carbocycles. The predicted molar refractivity (Wildman–Crippen MR) is 63.2 cm³/mol. The SMILES string of the molecule is C[C@@H](N)c1cccc(F)c1N1CC(O)C(O)C1. The van der Waals surface area contributed by atoms with Crippen LogP contribution in [0.4, 0.5) is 10.1 Å². The van der Waals surface area contributed by atoms with Gasteiger partial charge in [0.15, 0.2) is 0 Å². The molecular weight excluding hydrogens is 223 g/mol. The number of hydrogen-bond acceptors (Lipinski definition) is 4. The van der Waals surface area contributed by atoms with Crippen molar-refractivity contribution in [1.29, 1.82) is 0 Å². The number of β-amino-alcohol motifs (C(OH)–C–C–N with tert-alkyl or cyclic N) is 2. The molecule has 0 aromatic heterocycles. The second-order valence-corrected chi connectivity index (χ2v) is 4.51. The smallest absolute Gasteiger partial charge is 0.146 e. The number of para-hydroxylation sites is 1. The Hall–Kier alpha value is -1.17. The van der Waals surface area contributed by atoms with Gasteiger partial charge in [-0.2, -0.15) is 0 Å². The van der Waals surface area contributed by atoms with Crippen molar-refractivity contribution >= 4 is 5.69 Å². The molecule has 0 amide bonds. The molecule has 5 heteroatoms. The first-order valence-corrected chi connectivity index (χ1v) is 5.65. The molecule has 0 spiro atoms. The number of nitrogens with two attached hydrogens (primary N) is 1. The molecule has 0 saturated carbocycles. The third-order valence-corrected chi connectivity index (χ3v) is 3.08. The van der Waals surface area contributed by atoms with Crippen molar-refractivity contribution in [3.8, 4) is 0 Å². The summed E-state index contributed by atoms with van der Waals surface area (Å²) in [5.74, 6) is -0.374. The molecule has 0 radical (unpaired) electrons. The van der Waals surface area contributed by atoms with E-state index in [1.165, 1.54) is 6.07 Å². The Morgan fingerprint density at radius 1 is 1.35 bits per heavy atom. The summed E-state index contributed by atoms with van der Waals surface area (Å²) in [5.41, 5.74) is 6.88. The fraction of sp³-hybridized carbons (Fsp3) is 0.500. The van der Waals surface area contributed by atoms with E-state index in [2.05, 4.69) is 0 Å². The van der Waals surface area contributed by atoms with Gasteiger partial charge in [0.2, 0.25) is 0 Å². The van der Waals surface area contributed by atoms with Crippen molar-refractivity contribution in [2.24, 2.45) is 5.73 Å². The minimum Gasteiger partial charge on any atom is -0.389 e. The van der Waals surface area contributed by atoms with Crippen LogP contribution in [0, 0.1) is 5.82 Å². The topological polar surface area (TPSA) is 69.7 Å². The Kier molecular flexibility index (Phi) is 3.33. The van der Waals surface area contributed by atoms with Gasteiger partial charge in [-0.1, -0.05) is 12.1 Å².